The molecule has 0 radical (unpaired) electrons. The minimum absolute atomic E-state index is 0.229. The molecule has 0 atom stereocenters. The van der Waals surface area contributed by atoms with E-state index in [2.05, 4.69) is 30.5 Å². The van der Waals surface area contributed by atoms with E-state index >= 15 is 0 Å². The quantitative estimate of drug-likeness (QED) is 0.444. The Labute approximate surface area is 113 Å². The third-order valence-electron chi connectivity index (χ3n) is 3.14. The molecule has 0 aliphatic rings. The van der Waals surface area contributed by atoms with E-state index in [1.165, 1.54) is 0 Å². The Morgan fingerprint density at radius 3 is 3.05 bits per heavy atom. The maximum atomic E-state index is 5.71. The summed E-state index contributed by atoms with van der Waals surface area (Å²) in [5.41, 5.74) is 8.33. The maximum absolute atomic E-state index is 5.71. The number of hydrogen-bond donors (Lipinski definition) is 4. The zero-order valence-corrected chi connectivity index (χ0v) is 10.4. The molecule has 20 heavy (non-hydrogen) atoms. The minimum atomic E-state index is 0.229. The van der Waals surface area contributed by atoms with Gasteiger partial charge in [-0.25, -0.2) is 0 Å². The third kappa shape index (κ3) is 1.64. The average molecular weight is 265 g/mol. The highest BCUT2D eigenvalue weighted by atomic mass is 15.1. The first-order valence-electron chi connectivity index (χ1n) is 6.10. The molecule has 4 aromatic rings. The third-order valence-corrected chi connectivity index (χ3v) is 3.14. The largest absolute Gasteiger partial charge is 0.368 e. The summed E-state index contributed by atoms with van der Waals surface area (Å²) in [6.45, 7) is 0. The Balaban J connectivity index is 1.81. The summed E-state index contributed by atoms with van der Waals surface area (Å²) in [5.74, 6) is 0.906. The van der Waals surface area contributed by atoms with E-state index in [-0.39, 0.29) is 5.95 Å². The first-order valence-corrected chi connectivity index (χ1v) is 6.10. The van der Waals surface area contributed by atoms with Gasteiger partial charge in [0.2, 0.25) is 5.95 Å². The van der Waals surface area contributed by atoms with Crippen molar-refractivity contribution >= 4 is 39.4 Å². The molecule has 3 heterocycles. The summed E-state index contributed by atoms with van der Waals surface area (Å²) >= 11 is 0. The van der Waals surface area contributed by atoms with E-state index in [0.717, 1.165) is 22.0 Å². The second-order valence-corrected chi connectivity index (χ2v) is 4.47. The molecule has 0 aliphatic heterocycles. The molecule has 0 bridgehead atoms. The molecule has 1 aromatic carbocycles. The fourth-order valence-corrected chi connectivity index (χ4v) is 2.21. The van der Waals surface area contributed by atoms with E-state index in [1.54, 1.807) is 6.20 Å². The van der Waals surface area contributed by atoms with E-state index in [9.17, 15) is 0 Å². The molecule has 0 spiro atoms. The van der Waals surface area contributed by atoms with Gasteiger partial charge in [-0.3, -0.25) is 5.10 Å². The lowest BCUT2D eigenvalue weighted by Gasteiger charge is -2.07. The average Bonchev–Trinajstić information content (AvgIpc) is 3.05. The van der Waals surface area contributed by atoms with Crippen LogP contribution in [0, 0.1) is 0 Å². The minimum Gasteiger partial charge on any atom is -0.368 e. The Morgan fingerprint density at radius 2 is 2.10 bits per heavy atom. The summed E-state index contributed by atoms with van der Waals surface area (Å²) in [7, 11) is 0. The van der Waals surface area contributed by atoms with Crippen LogP contribution >= 0.6 is 0 Å². The van der Waals surface area contributed by atoms with E-state index in [1.807, 2.05) is 30.5 Å². The molecule has 0 aliphatic carbocycles. The van der Waals surface area contributed by atoms with Crippen molar-refractivity contribution in [3.05, 3.63) is 36.7 Å². The molecule has 7 nitrogen and oxygen atoms in total. The molecule has 0 saturated carbocycles. The lowest BCUT2D eigenvalue weighted by Crippen LogP contribution is -2.00. The Morgan fingerprint density at radius 1 is 1.15 bits per heavy atom. The number of nitrogens with one attached hydrogen (secondary N) is 3. The van der Waals surface area contributed by atoms with Crippen molar-refractivity contribution in [1.82, 2.24) is 25.1 Å². The van der Waals surface area contributed by atoms with Crippen LogP contribution in [-0.2, 0) is 0 Å². The molecular weight excluding hydrogens is 254 g/mol. The Hall–Kier alpha value is -3.09. The standard InChI is InChI=1S/C13H11N7/c14-13-18-11-9(3-4-15-11)12(19-13)17-8-1-2-10-7(5-8)6-16-20-10/h1-6H,(H,16,20)(H4,14,15,17,18,19). The number of nitrogens with two attached hydrogens (primary N) is 1. The monoisotopic (exact) mass is 265 g/mol. The SMILES string of the molecule is Nc1nc(Nc2ccc3[nH]ncc3c2)c2cc[nH]c2n1. The van der Waals surface area contributed by atoms with Gasteiger partial charge in [0, 0.05) is 17.3 Å². The zero-order valence-electron chi connectivity index (χ0n) is 10.4. The van der Waals surface area contributed by atoms with Crippen LogP contribution in [0.1, 0.15) is 0 Å². The number of H-pyrrole nitrogens is 2. The highest BCUT2D eigenvalue weighted by Crippen LogP contribution is 2.25. The van der Waals surface area contributed by atoms with Crippen molar-refractivity contribution in [3.63, 3.8) is 0 Å². The molecule has 0 fully saturated rings. The molecule has 3 aromatic heterocycles. The highest BCUT2D eigenvalue weighted by Gasteiger charge is 2.07. The molecule has 5 N–H and O–H groups in total. The van der Waals surface area contributed by atoms with Crippen LogP contribution in [-0.4, -0.2) is 25.1 Å². The van der Waals surface area contributed by atoms with Gasteiger partial charge in [0.05, 0.1) is 17.1 Å². The first-order chi connectivity index (χ1) is 9.79. The first kappa shape index (κ1) is 10.8. The highest BCUT2D eigenvalue weighted by molar-refractivity contribution is 5.91. The van der Waals surface area contributed by atoms with Gasteiger partial charge in [0.1, 0.15) is 11.5 Å². The second-order valence-electron chi connectivity index (χ2n) is 4.47. The van der Waals surface area contributed by atoms with Crippen LogP contribution in [0.2, 0.25) is 0 Å². The van der Waals surface area contributed by atoms with Crippen molar-refractivity contribution in [2.75, 3.05) is 11.1 Å². The summed E-state index contributed by atoms with van der Waals surface area (Å²) in [6.07, 6.45) is 3.59. The van der Waals surface area contributed by atoms with Crippen molar-refractivity contribution < 1.29 is 0 Å². The number of hydrogen-bond acceptors (Lipinski definition) is 5. The molecular formula is C13H11N7. The Bertz CT molecular complexity index is 905. The van der Waals surface area contributed by atoms with E-state index < -0.39 is 0 Å². The number of nitrogen functional groups attached to an aromatic ring is 1. The van der Waals surface area contributed by atoms with Gasteiger partial charge in [-0.2, -0.15) is 15.1 Å². The molecule has 0 saturated heterocycles. The zero-order chi connectivity index (χ0) is 13.5. The molecule has 0 unspecified atom stereocenters. The summed E-state index contributed by atoms with van der Waals surface area (Å²) in [6, 6.07) is 7.82. The molecule has 0 amide bonds. The lowest BCUT2D eigenvalue weighted by atomic mass is 10.2. The van der Waals surface area contributed by atoms with Gasteiger partial charge in [-0.05, 0) is 24.3 Å². The number of aromatic nitrogens is 5. The van der Waals surface area contributed by atoms with Gasteiger partial charge < -0.3 is 16.0 Å². The van der Waals surface area contributed by atoms with Gasteiger partial charge in [0.15, 0.2) is 0 Å². The van der Waals surface area contributed by atoms with Gasteiger partial charge >= 0.3 is 0 Å². The van der Waals surface area contributed by atoms with Crippen molar-refractivity contribution in [1.29, 1.82) is 0 Å². The number of anilines is 3. The summed E-state index contributed by atoms with van der Waals surface area (Å²) < 4.78 is 0. The summed E-state index contributed by atoms with van der Waals surface area (Å²) in [5, 5.41) is 12.1. The predicted molar refractivity (Wildman–Crippen MR) is 77.7 cm³/mol. The van der Waals surface area contributed by atoms with E-state index in [4.69, 9.17) is 5.73 Å². The second kappa shape index (κ2) is 3.95. The van der Waals surface area contributed by atoms with Crippen LogP contribution in [0.3, 0.4) is 0 Å². The van der Waals surface area contributed by atoms with Gasteiger partial charge in [0.25, 0.3) is 0 Å². The lowest BCUT2D eigenvalue weighted by molar-refractivity contribution is 1.12. The molecule has 7 heteroatoms. The van der Waals surface area contributed by atoms with Crippen LogP contribution in [0.5, 0.6) is 0 Å². The van der Waals surface area contributed by atoms with E-state index in [0.29, 0.717) is 11.5 Å². The van der Waals surface area contributed by atoms with Crippen LogP contribution in [0.4, 0.5) is 17.5 Å². The maximum Gasteiger partial charge on any atom is 0.224 e. The molecule has 4 rings (SSSR count). The number of aromatic amines is 2. The number of rotatable bonds is 2. The van der Waals surface area contributed by atoms with Crippen molar-refractivity contribution in [3.8, 4) is 0 Å². The van der Waals surface area contributed by atoms with Crippen molar-refractivity contribution in [2.24, 2.45) is 0 Å². The Kier molecular flexibility index (Phi) is 2.13. The van der Waals surface area contributed by atoms with Gasteiger partial charge in [-0.15, -0.1) is 0 Å². The van der Waals surface area contributed by atoms with Gasteiger partial charge in [-0.1, -0.05) is 0 Å². The molecule has 98 valence electrons. The van der Waals surface area contributed by atoms with Crippen LogP contribution in [0.25, 0.3) is 21.9 Å². The predicted octanol–water partition coefficient (Wildman–Crippen LogP) is 2.16. The number of fused-ring (bicyclic) bond motifs is 2. The summed E-state index contributed by atoms with van der Waals surface area (Å²) in [4.78, 5) is 11.4. The van der Waals surface area contributed by atoms with Crippen molar-refractivity contribution in [2.45, 2.75) is 0 Å². The number of nitrogens with zero attached hydrogens (tertiary/aromatic N) is 3. The van der Waals surface area contributed by atoms with Crippen LogP contribution < -0.4 is 11.1 Å². The smallest absolute Gasteiger partial charge is 0.224 e. The fourth-order valence-electron chi connectivity index (χ4n) is 2.21. The topological polar surface area (TPSA) is 108 Å². The number of benzene rings is 1. The van der Waals surface area contributed by atoms with Crippen LogP contribution in [0.15, 0.2) is 36.7 Å². The normalized spacial score (nSPS) is 11.2. The fraction of sp³-hybridized carbons (Fsp3) is 0.